The van der Waals surface area contributed by atoms with Crippen LogP contribution in [0.15, 0.2) is 24.3 Å². The minimum atomic E-state index is -4.87. The van der Waals surface area contributed by atoms with Crippen molar-refractivity contribution in [2.24, 2.45) is 0 Å². The van der Waals surface area contributed by atoms with Gasteiger partial charge in [0.1, 0.15) is 17.2 Å². The van der Waals surface area contributed by atoms with Gasteiger partial charge in [-0.15, -0.1) is 13.2 Å². The average Bonchev–Trinajstić information content (AvgIpc) is 2.50. The first-order valence-electron chi connectivity index (χ1n) is 9.20. The van der Waals surface area contributed by atoms with Crippen LogP contribution in [0.4, 0.5) is 22.4 Å². The fourth-order valence-electron chi connectivity index (χ4n) is 3.78. The van der Waals surface area contributed by atoms with Crippen molar-refractivity contribution in [2.45, 2.75) is 70.5 Å². The van der Waals surface area contributed by atoms with Crippen molar-refractivity contribution >= 4 is 11.7 Å². The van der Waals surface area contributed by atoms with Crippen molar-refractivity contribution < 1.29 is 31.8 Å². The quantitative estimate of drug-likeness (QED) is 0.600. The van der Waals surface area contributed by atoms with E-state index >= 15 is 0 Å². The smallest absolute Gasteiger partial charge is 0.444 e. The fraction of sp³-hybridized carbons (Fsp3) is 0.550. The Morgan fingerprint density at radius 2 is 1.89 bits per heavy atom. The van der Waals surface area contributed by atoms with Crippen molar-refractivity contribution in [1.29, 1.82) is 0 Å². The molecule has 2 unspecified atom stereocenters. The number of rotatable bonds is 2. The molecule has 2 atom stereocenters. The first-order chi connectivity index (χ1) is 12.9. The number of benzene rings is 1. The van der Waals surface area contributed by atoms with Crippen LogP contribution in [-0.4, -0.2) is 35.0 Å². The summed E-state index contributed by atoms with van der Waals surface area (Å²) in [5, 5.41) is 0. The van der Waals surface area contributed by atoms with Crippen LogP contribution in [-0.2, 0) is 4.74 Å². The highest BCUT2D eigenvalue weighted by molar-refractivity contribution is 5.75. The van der Waals surface area contributed by atoms with Crippen LogP contribution in [0.25, 0.3) is 5.57 Å². The van der Waals surface area contributed by atoms with Gasteiger partial charge < -0.3 is 9.47 Å². The molecule has 28 heavy (non-hydrogen) atoms. The minimum absolute atomic E-state index is 0.126. The van der Waals surface area contributed by atoms with Crippen LogP contribution < -0.4 is 4.74 Å². The Bertz CT molecular complexity index is 783. The molecular formula is C20H23F4NO3. The van der Waals surface area contributed by atoms with Gasteiger partial charge >= 0.3 is 12.5 Å². The molecule has 0 radical (unpaired) electrons. The van der Waals surface area contributed by atoms with E-state index in [2.05, 4.69) is 4.74 Å². The first kappa shape index (κ1) is 20.5. The number of amides is 1. The third-order valence-electron chi connectivity index (χ3n) is 4.76. The lowest BCUT2D eigenvalue weighted by molar-refractivity contribution is -0.274. The zero-order valence-corrected chi connectivity index (χ0v) is 16.0. The summed E-state index contributed by atoms with van der Waals surface area (Å²) in [6, 6.07) is 2.78. The molecule has 2 heterocycles. The van der Waals surface area contributed by atoms with Gasteiger partial charge in [-0.3, -0.25) is 4.90 Å². The van der Waals surface area contributed by atoms with E-state index in [9.17, 15) is 22.4 Å². The Labute approximate surface area is 161 Å². The number of hydrogen-bond acceptors (Lipinski definition) is 3. The molecule has 154 valence electrons. The van der Waals surface area contributed by atoms with E-state index in [1.165, 1.54) is 6.07 Å². The standard InChI is InChI=1S/C20H23F4NO3/c1-19(2,3)28-18(26)25-13-5-4-6-14(25)10-12(9-13)16-8-7-15(11-17(16)21)27-20(22,23)24/h7-9,11,13-14H,4-6,10H2,1-3H3. The molecule has 0 saturated carbocycles. The number of piperidine rings is 1. The zero-order valence-electron chi connectivity index (χ0n) is 16.0. The molecule has 0 aromatic heterocycles. The first-order valence-corrected chi connectivity index (χ1v) is 9.20. The van der Waals surface area contributed by atoms with Crippen molar-refractivity contribution in [2.75, 3.05) is 0 Å². The molecular weight excluding hydrogens is 378 g/mol. The molecule has 8 heteroatoms. The van der Waals surface area contributed by atoms with Gasteiger partial charge in [0.05, 0.1) is 6.04 Å². The monoisotopic (exact) mass is 401 g/mol. The van der Waals surface area contributed by atoms with Gasteiger partial charge in [-0.25, -0.2) is 9.18 Å². The number of fused-ring (bicyclic) bond motifs is 2. The van der Waals surface area contributed by atoms with Crippen LogP contribution in [0.2, 0.25) is 0 Å². The number of ether oxygens (including phenoxy) is 2. The van der Waals surface area contributed by atoms with Gasteiger partial charge in [0, 0.05) is 17.7 Å². The van der Waals surface area contributed by atoms with Crippen LogP contribution in [0.1, 0.15) is 52.0 Å². The van der Waals surface area contributed by atoms with E-state index in [0.29, 0.717) is 12.0 Å². The molecule has 4 nitrogen and oxygen atoms in total. The van der Waals surface area contributed by atoms with E-state index in [1.807, 2.05) is 6.08 Å². The third kappa shape index (κ3) is 4.77. The molecule has 3 rings (SSSR count). The van der Waals surface area contributed by atoms with Crippen molar-refractivity contribution in [3.63, 3.8) is 0 Å². The molecule has 1 aromatic carbocycles. The van der Waals surface area contributed by atoms with E-state index < -0.39 is 29.6 Å². The number of halogens is 4. The molecule has 0 N–H and O–H groups in total. The number of alkyl halides is 3. The van der Waals surface area contributed by atoms with Crippen LogP contribution in [0.5, 0.6) is 5.75 Å². The van der Waals surface area contributed by atoms with Gasteiger partial charge in [-0.1, -0.05) is 6.08 Å². The number of carbonyl (C=O) groups excluding carboxylic acids is 1. The summed E-state index contributed by atoms with van der Waals surface area (Å²) in [5.74, 6) is -1.38. The second kappa shape index (κ2) is 7.29. The highest BCUT2D eigenvalue weighted by Crippen LogP contribution is 2.39. The number of hydrogen-bond donors (Lipinski definition) is 0. The Kier molecular flexibility index (Phi) is 5.34. The van der Waals surface area contributed by atoms with Crippen LogP contribution in [0, 0.1) is 5.82 Å². The predicted octanol–water partition coefficient (Wildman–Crippen LogP) is 5.67. The van der Waals surface area contributed by atoms with Gasteiger partial charge in [0.15, 0.2) is 0 Å². The third-order valence-corrected chi connectivity index (χ3v) is 4.76. The molecule has 2 aliphatic rings. The molecule has 2 aliphatic heterocycles. The highest BCUT2D eigenvalue weighted by atomic mass is 19.4. The maximum Gasteiger partial charge on any atom is 0.573 e. The van der Waals surface area contributed by atoms with Crippen molar-refractivity contribution in [3.05, 3.63) is 35.7 Å². The van der Waals surface area contributed by atoms with E-state index in [4.69, 9.17) is 4.74 Å². The topological polar surface area (TPSA) is 38.8 Å². The lowest BCUT2D eigenvalue weighted by atomic mass is 9.83. The largest absolute Gasteiger partial charge is 0.573 e. The molecule has 1 saturated heterocycles. The Morgan fingerprint density at radius 3 is 2.46 bits per heavy atom. The van der Waals surface area contributed by atoms with Crippen LogP contribution in [0.3, 0.4) is 0 Å². The van der Waals surface area contributed by atoms with Gasteiger partial charge in [-0.05, 0) is 64.2 Å². The average molecular weight is 401 g/mol. The summed E-state index contributed by atoms with van der Waals surface area (Å²) in [4.78, 5) is 14.3. The SMILES string of the molecule is CC(C)(C)OC(=O)N1C2C=C(c3ccc(OC(F)(F)F)cc3F)CC1CCC2. The summed E-state index contributed by atoms with van der Waals surface area (Å²) in [6.07, 6.45) is -0.580. The van der Waals surface area contributed by atoms with Crippen molar-refractivity contribution in [1.82, 2.24) is 4.90 Å². The number of nitrogens with zero attached hydrogens (tertiary/aromatic N) is 1. The molecule has 1 fully saturated rings. The summed E-state index contributed by atoms with van der Waals surface area (Å²) < 4.78 is 60.7. The lowest BCUT2D eigenvalue weighted by Crippen LogP contribution is -2.53. The molecule has 0 aliphatic carbocycles. The fourth-order valence-corrected chi connectivity index (χ4v) is 3.78. The van der Waals surface area contributed by atoms with Crippen molar-refractivity contribution in [3.8, 4) is 5.75 Å². The Balaban J connectivity index is 1.84. The van der Waals surface area contributed by atoms with E-state index in [1.54, 1.807) is 25.7 Å². The van der Waals surface area contributed by atoms with Gasteiger partial charge in [0.25, 0.3) is 0 Å². The maximum atomic E-state index is 14.5. The minimum Gasteiger partial charge on any atom is -0.444 e. The molecule has 1 amide bonds. The highest BCUT2D eigenvalue weighted by Gasteiger charge is 2.40. The van der Waals surface area contributed by atoms with Crippen LogP contribution >= 0.6 is 0 Å². The van der Waals surface area contributed by atoms with Gasteiger partial charge in [0.2, 0.25) is 0 Å². The lowest BCUT2D eigenvalue weighted by Gasteiger charge is -2.45. The number of carbonyl (C=O) groups is 1. The molecule has 0 spiro atoms. The normalized spacial score (nSPS) is 22.5. The van der Waals surface area contributed by atoms with E-state index in [0.717, 1.165) is 31.4 Å². The summed E-state index contributed by atoms with van der Waals surface area (Å²) in [7, 11) is 0. The Hall–Kier alpha value is -2.25. The Morgan fingerprint density at radius 1 is 1.18 bits per heavy atom. The maximum absolute atomic E-state index is 14.5. The zero-order chi connectivity index (χ0) is 20.7. The predicted molar refractivity (Wildman–Crippen MR) is 95.2 cm³/mol. The van der Waals surface area contributed by atoms with Gasteiger partial charge in [-0.2, -0.15) is 0 Å². The summed E-state index contributed by atoms with van der Waals surface area (Å²) >= 11 is 0. The second-order valence-corrected chi connectivity index (χ2v) is 8.13. The van der Waals surface area contributed by atoms with E-state index in [-0.39, 0.29) is 17.6 Å². The second-order valence-electron chi connectivity index (χ2n) is 8.13. The molecule has 2 bridgehead atoms. The summed E-state index contributed by atoms with van der Waals surface area (Å²) in [5.41, 5.74) is 0.302. The summed E-state index contributed by atoms with van der Waals surface area (Å²) in [6.45, 7) is 5.39. The molecule has 1 aromatic rings.